The number of benzene rings is 2. The van der Waals surface area contributed by atoms with Crippen LogP contribution in [0.2, 0.25) is 0 Å². The summed E-state index contributed by atoms with van der Waals surface area (Å²) in [5.74, 6) is -1.23. The third-order valence-corrected chi connectivity index (χ3v) is 6.62. The topological polar surface area (TPSA) is 82.9 Å². The number of carbonyl (C=O) groups excluding carboxylic acids is 2. The molecule has 39 heavy (non-hydrogen) atoms. The molecular weight excluding hydrogens is 488 g/mol. The Balaban J connectivity index is 1.63. The lowest BCUT2D eigenvalue weighted by atomic mass is 9.85. The van der Waals surface area contributed by atoms with Crippen molar-refractivity contribution in [3.8, 4) is 0 Å². The minimum absolute atomic E-state index is 0.137. The van der Waals surface area contributed by atoms with E-state index in [9.17, 15) is 9.59 Å². The van der Waals surface area contributed by atoms with Gasteiger partial charge >= 0.3 is 0 Å². The second-order valence-corrected chi connectivity index (χ2v) is 12.4. The van der Waals surface area contributed by atoms with E-state index in [0.29, 0.717) is 22.8 Å². The molecule has 3 rings (SSSR count). The first kappa shape index (κ1) is 30.2. The molecule has 1 saturated carbocycles. The fourth-order valence-electron chi connectivity index (χ4n) is 4.33. The van der Waals surface area contributed by atoms with Gasteiger partial charge in [0.05, 0.1) is 84.1 Å². The maximum atomic E-state index is 12.9. The first-order valence-corrected chi connectivity index (χ1v) is 13.8. The van der Waals surface area contributed by atoms with Crippen molar-refractivity contribution in [2.45, 2.75) is 26.2 Å². The van der Waals surface area contributed by atoms with Crippen LogP contribution in [0.25, 0.3) is 0 Å². The molecule has 8 heteroatoms. The average Bonchev–Trinajstić information content (AvgIpc) is 2.87. The van der Waals surface area contributed by atoms with E-state index in [2.05, 4.69) is 62.9 Å². The standard InChI is InChI=1S/C31H44N6O2/c1-23-30(38)28(34-26-14-10-24(11-15-26)32-18-8-20-36(2,3)4)22-29(31(23)39)35-27-16-12-25(13-17-27)33-19-9-21-37(5,6)7/h10-17,23H,8-9,18-22H2,1-7H3/p+2. The summed E-state index contributed by atoms with van der Waals surface area (Å²) in [5, 5.41) is 6.87. The highest BCUT2D eigenvalue weighted by atomic mass is 16.2. The van der Waals surface area contributed by atoms with E-state index in [1.165, 1.54) is 0 Å². The Hall–Kier alpha value is -3.36. The largest absolute Gasteiger partial charge is 0.385 e. The number of hydrogen-bond acceptors (Lipinski definition) is 6. The van der Waals surface area contributed by atoms with Crippen LogP contribution in [-0.2, 0) is 9.59 Å². The highest BCUT2D eigenvalue weighted by Gasteiger charge is 2.35. The minimum Gasteiger partial charge on any atom is -0.385 e. The Morgan fingerprint density at radius 3 is 1.36 bits per heavy atom. The monoisotopic (exact) mass is 534 g/mol. The molecule has 2 N–H and O–H groups in total. The summed E-state index contributed by atoms with van der Waals surface area (Å²) in [6, 6.07) is 15.5. The lowest BCUT2D eigenvalue weighted by molar-refractivity contribution is -0.870. The predicted molar refractivity (Wildman–Crippen MR) is 163 cm³/mol. The molecule has 0 saturated heterocycles. The van der Waals surface area contributed by atoms with Crippen molar-refractivity contribution in [2.75, 3.05) is 79.1 Å². The molecule has 210 valence electrons. The van der Waals surface area contributed by atoms with Gasteiger partial charge in [-0.05, 0) is 55.5 Å². The van der Waals surface area contributed by atoms with Gasteiger partial charge in [-0.25, -0.2) is 9.98 Å². The van der Waals surface area contributed by atoms with Gasteiger partial charge in [-0.2, -0.15) is 0 Å². The SMILES string of the molecule is CC1C(=O)C(=Nc2ccc(NCCC[N+](C)(C)C)cc2)CC(=Nc2ccc(NCCC[N+](C)(C)C)cc2)C1=O. The second kappa shape index (κ2) is 13.1. The molecule has 8 nitrogen and oxygen atoms in total. The predicted octanol–water partition coefficient (Wildman–Crippen LogP) is 4.73. The molecule has 2 aromatic carbocycles. The van der Waals surface area contributed by atoms with Crippen LogP contribution in [0.1, 0.15) is 26.2 Å². The van der Waals surface area contributed by atoms with Gasteiger partial charge in [0.15, 0.2) is 11.6 Å². The summed E-state index contributed by atoms with van der Waals surface area (Å²) in [6.07, 6.45) is 2.29. The number of Topliss-reactive ketones (excluding diaryl/α,β-unsaturated/α-hetero) is 2. The van der Waals surface area contributed by atoms with Crippen molar-refractivity contribution in [3.05, 3.63) is 48.5 Å². The number of carbonyl (C=O) groups is 2. The van der Waals surface area contributed by atoms with E-state index in [1.54, 1.807) is 6.92 Å². The van der Waals surface area contributed by atoms with Crippen LogP contribution in [0.15, 0.2) is 58.5 Å². The number of anilines is 2. The molecule has 0 atom stereocenters. The van der Waals surface area contributed by atoms with Crippen molar-refractivity contribution in [1.82, 2.24) is 0 Å². The molecule has 1 aliphatic carbocycles. The Bertz CT molecular complexity index is 1090. The third kappa shape index (κ3) is 10.0. The number of rotatable bonds is 12. The van der Waals surface area contributed by atoms with E-state index in [1.807, 2.05) is 48.5 Å². The summed E-state index contributed by atoms with van der Waals surface area (Å²) < 4.78 is 1.89. The molecule has 0 unspecified atom stereocenters. The number of aliphatic imine (C=N–C) groups is 2. The molecule has 0 bridgehead atoms. The van der Waals surface area contributed by atoms with Crippen molar-refractivity contribution in [3.63, 3.8) is 0 Å². The first-order valence-electron chi connectivity index (χ1n) is 13.8. The highest BCUT2D eigenvalue weighted by Crippen LogP contribution is 2.24. The maximum absolute atomic E-state index is 12.9. The summed E-state index contributed by atoms with van der Waals surface area (Å²) >= 11 is 0. The van der Waals surface area contributed by atoms with Gasteiger partial charge in [-0.3, -0.25) is 9.59 Å². The fourth-order valence-corrected chi connectivity index (χ4v) is 4.33. The highest BCUT2D eigenvalue weighted by molar-refractivity contribution is 6.62. The quantitative estimate of drug-likeness (QED) is 0.234. The number of ketones is 2. The molecule has 2 aromatic rings. The van der Waals surface area contributed by atoms with Crippen LogP contribution in [-0.4, -0.2) is 100 Å². The second-order valence-electron chi connectivity index (χ2n) is 12.4. The summed E-state index contributed by atoms with van der Waals surface area (Å²) in [4.78, 5) is 34.9. The number of hydrogen-bond donors (Lipinski definition) is 2. The number of nitrogens with zero attached hydrogens (tertiary/aromatic N) is 4. The van der Waals surface area contributed by atoms with Gasteiger partial charge in [0, 0.05) is 43.7 Å². The average molecular weight is 535 g/mol. The third-order valence-electron chi connectivity index (χ3n) is 6.62. The van der Waals surface area contributed by atoms with Crippen molar-refractivity contribution in [2.24, 2.45) is 15.9 Å². The molecular formula is C31H46N6O2+2. The van der Waals surface area contributed by atoms with Crippen molar-refractivity contribution in [1.29, 1.82) is 0 Å². The van der Waals surface area contributed by atoms with Crippen LogP contribution in [0.3, 0.4) is 0 Å². The van der Waals surface area contributed by atoms with Crippen molar-refractivity contribution >= 4 is 45.7 Å². The van der Waals surface area contributed by atoms with E-state index in [0.717, 1.165) is 59.4 Å². The molecule has 0 aromatic heterocycles. The minimum atomic E-state index is -0.777. The smallest absolute Gasteiger partial charge is 0.188 e. The molecule has 1 fully saturated rings. The van der Waals surface area contributed by atoms with Crippen LogP contribution in [0.4, 0.5) is 22.7 Å². The van der Waals surface area contributed by atoms with Gasteiger partial charge in [-0.15, -0.1) is 0 Å². The fraction of sp³-hybridized carbons (Fsp3) is 0.484. The zero-order chi connectivity index (χ0) is 28.6. The van der Waals surface area contributed by atoms with Gasteiger partial charge in [-0.1, -0.05) is 0 Å². The van der Waals surface area contributed by atoms with E-state index < -0.39 is 5.92 Å². The number of nitrogens with one attached hydrogen (secondary N) is 2. The summed E-state index contributed by atoms with van der Waals surface area (Å²) in [6.45, 7) is 5.63. The van der Waals surface area contributed by atoms with Crippen molar-refractivity contribution < 1.29 is 18.6 Å². The van der Waals surface area contributed by atoms with E-state index in [-0.39, 0.29) is 18.0 Å². The molecule has 0 radical (unpaired) electrons. The zero-order valence-electron chi connectivity index (χ0n) is 24.8. The van der Waals surface area contributed by atoms with Gasteiger partial charge in [0.25, 0.3) is 0 Å². The zero-order valence-corrected chi connectivity index (χ0v) is 24.8. The summed E-state index contributed by atoms with van der Waals surface area (Å²) in [7, 11) is 13.1. The van der Waals surface area contributed by atoms with E-state index >= 15 is 0 Å². The van der Waals surface area contributed by atoms with Crippen LogP contribution < -0.4 is 10.6 Å². The molecule has 1 aliphatic rings. The van der Waals surface area contributed by atoms with Gasteiger partial charge in [0.1, 0.15) is 0 Å². The normalized spacial score (nSPS) is 18.6. The Kier molecular flexibility index (Phi) is 10.2. The van der Waals surface area contributed by atoms with Crippen LogP contribution >= 0.6 is 0 Å². The van der Waals surface area contributed by atoms with Crippen LogP contribution in [0.5, 0.6) is 0 Å². The van der Waals surface area contributed by atoms with Gasteiger partial charge < -0.3 is 19.6 Å². The molecule has 0 aliphatic heterocycles. The summed E-state index contributed by atoms with van der Waals surface area (Å²) in [5.41, 5.74) is 4.17. The Morgan fingerprint density at radius 2 is 1.03 bits per heavy atom. The molecule has 0 heterocycles. The maximum Gasteiger partial charge on any atom is 0.188 e. The molecule has 0 spiro atoms. The van der Waals surface area contributed by atoms with Gasteiger partial charge in [0.2, 0.25) is 0 Å². The van der Waals surface area contributed by atoms with E-state index in [4.69, 9.17) is 0 Å². The first-order chi connectivity index (χ1) is 18.3. The Morgan fingerprint density at radius 1 is 0.667 bits per heavy atom. The number of quaternary nitrogens is 2. The lowest BCUT2D eigenvalue weighted by Gasteiger charge is -2.23. The van der Waals surface area contributed by atoms with Crippen LogP contribution in [0, 0.1) is 5.92 Å². The lowest BCUT2D eigenvalue weighted by Crippen LogP contribution is -2.40. The molecule has 0 amide bonds. The Labute approximate surface area is 234 Å².